The second-order valence-corrected chi connectivity index (χ2v) is 7.97. The third kappa shape index (κ3) is 3.21. The Bertz CT molecular complexity index is 1060. The Kier molecular flexibility index (Phi) is 4.34. The zero-order valence-electron chi connectivity index (χ0n) is 15.0. The first kappa shape index (κ1) is 18.1. The molecule has 0 fully saturated rings. The zero-order chi connectivity index (χ0) is 19.1. The maximum Gasteiger partial charge on any atom is 0.312 e. The lowest BCUT2D eigenvalue weighted by Gasteiger charge is -2.23. The topological polar surface area (TPSA) is 87.6 Å². The van der Waals surface area contributed by atoms with Crippen molar-refractivity contribution in [1.82, 2.24) is 4.57 Å². The molecule has 3 rings (SSSR count). The fraction of sp³-hybridized carbons (Fsp3) is 0.316. The molecular formula is C19H19N3O3S. The summed E-state index contributed by atoms with van der Waals surface area (Å²) in [4.78, 5) is 16.7. The molecule has 2 heterocycles. The monoisotopic (exact) mass is 369 g/mol. The van der Waals surface area contributed by atoms with E-state index in [1.807, 2.05) is 44.2 Å². The van der Waals surface area contributed by atoms with Gasteiger partial charge in [-0.1, -0.05) is 23.5 Å². The summed E-state index contributed by atoms with van der Waals surface area (Å²) in [6.45, 7) is 6.78. The first-order chi connectivity index (χ1) is 12.1. The molecule has 0 radical (unpaired) electrons. The van der Waals surface area contributed by atoms with Gasteiger partial charge in [-0.05, 0) is 39.8 Å². The number of fused-ring (bicyclic) bond motifs is 1. The summed E-state index contributed by atoms with van der Waals surface area (Å²) in [7, 11) is 0. The SMILES string of the molecule is CC(C)(O)C(=CC#N)N=C1C=C(n2c(=O)sc3ccccc32)C(C)(C)O1. The molecule has 0 bridgehead atoms. The van der Waals surface area contributed by atoms with Crippen molar-refractivity contribution in [2.75, 3.05) is 0 Å². The third-order valence-electron chi connectivity index (χ3n) is 4.02. The summed E-state index contributed by atoms with van der Waals surface area (Å²) < 4.78 is 8.42. The van der Waals surface area contributed by atoms with Crippen LogP contribution in [0, 0.1) is 11.3 Å². The van der Waals surface area contributed by atoms with Crippen LogP contribution in [0.5, 0.6) is 0 Å². The van der Waals surface area contributed by atoms with E-state index in [4.69, 9.17) is 10.00 Å². The molecule has 0 atom stereocenters. The van der Waals surface area contributed by atoms with Crippen molar-refractivity contribution in [2.24, 2.45) is 4.99 Å². The lowest BCUT2D eigenvalue weighted by molar-refractivity contribution is 0.116. The fourth-order valence-corrected chi connectivity index (χ4v) is 3.63. The Labute approximate surface area is 155 Å². The molecule has 1 aliphatic rings. The van der Waals surface area contributed by atoms with Gasteiger partial charge in [0.05, 0.1) is 27.7 Å². The van der Waals surface area contributed by atoms with Gasteiger partial charge < -0.3 is 9.84 Å². The minimum Gasteiger partial charge on any atom is -0.465 e. The fourth-order valence-electron chi connectivity index (χ4n) is 2.74. The van der Waals surface area contributed by atoms with Gasteiger partial charge in [-0.25, -0.2) is 4.99 Å². The number of thiazole rings is 1. The summed E-state index contributed by atoms with van der Waals surface area (Å²) in [5, 5.41) is 19.1. The third-order valence-corrected chi connectivity index (χ3v) is 4.94. The van der Waals surface area contributed by atoms with Crippen LogP contribution in [0.2, 0.25) is 0 Å². The number of allylic oxidation sites excluding steroid dienone is 1. The van der Waals surface area contributed by atoms with E-state index in [9.17, 15) is 9.90 Å². The minimum atomic E-state index is -1.29. The Hall–Kier alpha value is -2.69. The Morgan fingerprint density at radius 1 is 1.42 bits per heavy atom. The molecule has 134 valence electrons. The molecule has 0 spiro atoms. The number of aliphatic imine (C=N–C) groups is 1. The molecule has 7 heteroatoms. The molecule has 1 aromatic carbocycles. The van der Waals surface area contributed by atoms with Crippen molar-refractivity contribution in [3.8, 4) is 6.07 Å². The second-order valence-electron chi connectivity index (χ2n) is 6.98. The number of aromatic nitrogens is 1. The van der Waals surface area contributed by atoms with Crippen molar-refractivity contribution < 1.29 is 9.84 Å². The van der Waals surface area contributed by atoms with Crippen LogP contribution in [0.25, 0.3) is 15.9 Å². The maximum absolute atomic E-state index is 12.6. The number of benzene rings is 1. The predicted molar refractivity (Wildman–Crippen MR) is 103 cm³/mol. The number of rotatable bonds is 3. The summed E-state index contributed by atoms with van der Waals surface area (Å²) in [5.74, 6) is 0.246. The van der Waals surface area contributed by atoms with Gasteiger partial charge >= 0.3 is 4.87 Å². The van der Waals surface area contributed by atoms with E-state index in [0.717, 1.165) is 10.2 Å². The summed E-state index contributed by atoms with van der Waals surface area (Å²) in [6.07, 6.45) is 2.86. The summed E-state index contributed by atoms with van der Waals surface area (Å²) in [5.41, 5.74) is -0.429. The van der Waals surface area contributed by atoms with Gasteiger partial charge in [0.15, 0.2) is 0 Å². The van der Waals surface area contributed by atoms with Gasteiger partial charge in [-0.15, -0.1) is 0 Å². The standard InChI is InChI=1S/C19H19N3O3S/c1-18(2,24)14(9-10-20)21-16-11-15(19(3,4)25-16)22-12-7-5-6-8-13(12)26-17(22)23/h5-9,11,24H,1-4H3. The van der Waals surface area contributed by atoms with Crippen molar-refractivity contribution >= 4 is 33.1 Å². The second kappa shape index (κ2) is 6.24. The number of aliphatic hydroxyl groups is 1. The highest BCUT2D eigenvalue weighted by molar-refractivity contribution is 7.16. The lowest BCUT2D eigenvalue weighted by Crippen LogP contribution is -2.29. The van der Waals surface area contributed by atoms with Crippen LogP contribution in [0.1, 0.15) is 27.7 Å². The highest BCUT2D eigenvalue weighted by Gasteiger charge is 2.36. The summed E-state index contributed by atoms with van der Waals surface area (Å²) >= 11 is 1.17. The van der Waals surface area contributed by atoms with Crippen LogP contribution in [0.15, 0.2) is 51.9 Å². The molecule has 0 aliphatic carbocycles. The smallest absolute Gasteiger partial charge is 0.312 e. The van der Waals surface area contributed by atoms with Crippen molar-refractivity contribution in [2.45, 2.75) is 38.9 Å². The van der Waals surface area contributed by atoms with E-state index in [2.05, 4.69) is 4.99 Å². The minimum absolute atomic E-state index is 0.106. The first-order valence-corrected chi connectivity index (χ1v) is 8.88. The first-order valence-electron chi connectivity index (χ1n) is 8.07. The van der Waals surface area contributed by atoms with E-state index >= 15 is 0 Å². The van der Waals surface area contributed by atoms with Crippen LogP contribution >= 0.6 is 11.3 Å². The quantitative estimate of drug-likeness (QED) is 0.841. The Balaban J connectivity index is 2.16. The normalized spacial score (nSPS) is 18.7. The lowest BCUT2D eigenvalue weighted by atomic mass is 10.1. The van der Waals surface area contributed by atoms with Gasteiger partial charge in [0, 0.05) is 12.2 Å². The van der Waals surface area contributed by atoms with Crippen LogP contribution in [0.3, 0.4) is 0 Å². The largest absolute Gasteiger partial charge is 0.465 e. The highest BCUT2D eigenvalue weighted by Crippen LogP contribution is 2.34. The maximum atomic E-state index is 12.6. The molecule has 0 unspecified atom stereocenters. The van der Waals surface area contributed by atoms with E-state index in [1.165, 1.54) is 17.4 Å². The van der Waals surface area contributed by atoms with Crippen LogP contribution in [-0.2, 0) is 4.74 Å². The van der Waals surface area contributed by atoms with E-state index in [1.54, 1.807) is 24.5 Å². The molecule has 1 N–H and O–H groups in total. The molecule has 1 aromatic heterocycles. The Morgan fingerprint density at radius 3 is 2.77 bits per heavy atom. The van der Waals surface area contributed by atoms with Crippen LogP contribution < -0.4 is 4.87 Å². The van der Waals surface area contributed by atoms with Crippen molar-refractivity contribution in [3.05, 3.63) is 51.8 Å². The molecular weight excluding hydrogens is 350 g/mol. The zero-order valence-corrected chi connectivity index (χ0v) is 15.8. The molecule has 0 saturated heterocycles. The number of para-hydroxylation sites is 1. The van der Waals surface area contributed by atoms with E-state index in [0.29, 0.717) is 5.70 Å². The van der Waals surface area contributed by atoms with Gasteiger partial charge in [-0.2, -0.15) is 5.26 Å². The van der Waals surface area contributed by atoms with Crippen LogP contribution in [0.4, 0.5) is 0 Å². The van der Waals surface area contributed by atoms with E-state index < -0.39 is 11.2 Å². The Morgan fingerprint density at radius 2 is 2.12 bits per heavy atom. The highest BCUT2D eigenvalue weighted by atomic mass is 32.1. The molecule has 0 saturated carbocycles. The summed E-state index contributed by atoms with van der Waals surface area (Å²) in [6, 6.07) is 9.44. The van der Waals surface area contributed by atoms with Crippen molar-refractivity contribution in [3.63, 3.8) is 0 Å². The molecule has 1 aliphatic heterocycles. The molecule has 2 aromatic rings. The molecule has 26 heavy (non-hydrogen) atoms. The number of hydrogen-bond acceptors (Lipinski definition) is 6. The number of ether oxygens (including phenoxy) is 1. The average Bonchev–Trinajstić information content (AvgIpc) is 3.00. The van der Waals surface area contributed by atoms with E-state index in [-0.39, 0.29) is 16.5 Å². The number of nitriles is 1. The van der Waals surface area contributed by atoms with Crippen molar-refractivity contribution in [1.29, 1.82) is 5.26 Å². The molecule has 0 amide bonds. The van der Waals surface area contributed by atoms with Gasteiger partial charge in [0.25, 0.3) is 0 Å². The average molecular weight is 369 g/mol. The van der Waals surface area contributed by atoms with Gasteiger partial charge in [-0.3, -0.25) is 9.36 Å². The molecule has 6 nitrogen and oxygen atoms in total. The van der Waals surface area contributed by atoms with Crippen LogP contribution in [-0.4, -0.2) is 26.8 Å². The predicted octanol–water partition coefficient (Wildman–Crippen LogP) is 3.29. The number of nitrogens with zero attached hydrogens (tertiary/aromatic N) is 3. The number of hydrogen-bond donors (Lipinski definition) is 1. The van der Waals surface area contributed by atoms with Gasteiger partial charge in [0.1, 0.15) is 11.2 Å². The van der Waals surface area contributed by atoms with Gasteiger partial charge in [0.2, 0.25) is 5.90 Å².